The van der Waals surface area contributed by atoms with Gasteiger partial charge in [0.2, 0.25) is 5.96 Å². The van der Waals surface area contributed by atoms with E-state index in [0.717, 1.165) is 36.0 Å². The number of rotatable bonds is 5. The predicted molar refractivity (Wildman–Crippen MR) is 116 cm³/mol. The van der Waals surface area contributed by atoms with Crippen LogP contribution in [0.1, 0.15) is 19.4 Å². The van der Waals surface area contributed by atoms with Gasteiger partial charge in [-0.25, -0.2) is 9.79 Å². The van der Waals surface area contributed by atoms with E-state index in [-0.39, 0.29) is 18.5 Å². The van der Waals surface area contributed by atoms with E-state index in [9.17, 15) is 9.59 Å². The number of nitrogens with zero attached hydrogens (tertiary/aromatic N) is 6. The number of benzene rings is 1. The minimum Gasteiger partial charge on any atom is -0.313 e. The van der Waals surface area contributed by atoms with Crippen molar-refractivity contribution in [2.75, 3.05) is 34.2 Å². The zero-order valence-corrected chi connectivity index (χ0v) is 18.7. The summed E-state index contributed by atoms with van der Waals surface area (Å²) in [4.78, 5) is 40.4. The number of fused-ring (bicyclic) bond motifs is 3. The van der Waals surface area contributed by atoms with E-state index in [4.69, 9.17) is 16.6 Å². The van der Waals surface area contributed by atoms with Gasteiger partial charge >= 0.3 is 6.03 Å². The van der Waals surface area contributed by atoms with Crippen molar-refractivity contribution >= 4 is 29.5 Å². The Kier molecular flexibility index (Phi) is 5.23. The van der Waals surface area contributed by atoms with Gasteiger partial charge in [0.05, 0.1) is 6.54 Å². The number of carbonyl (C=O) groups excluding carboxylic acids is 2. The van der Waals surface area contributed by atoms with Crippen LogP contribution in [0, 0.1) is 0 Å². The molecule has 4 rings (SSSR count). The molecule has 8 nitrogen and oxygen atoms in total. The number of carbonyl (C=O) groups is 2. The zero-order valence-electron chi connectivity index (χ0n) is 18.0. The molecule has 0 bridgehead atoms. The van der Waals surface area contributed by atoms with Crippen LogP contribution in [0.2, 0.25) is 5.02 Å². The molecule has 0 radical (unpaired) electrons. The highest BCUT2D eigenvalue weighted by molar-refractivity contribution is 6.30. The number of urea groups is 1. The van der Waals surface area contributed by atoms with Gasteiger partial charge in [-0.3, -0.25) is 14.6 Å². The van der Waals surface area contributed by atoms with E-state index in [2.05, 4.69) is 9.80 Å². The monoisotopic (exact) mass is 430 g/mol. The standard InChI is InChI=1S/C21H27ClN6O2/c1-13-14(2)28-17-18(23-20(28)26(13)10-9-24(3)4)25(5)21(30)27(19(17)29)12-15-7-6-8-16(22)11-15/h6-8,11,17-18H,9-10,12H2,1-5H3. The number of hydrogen-bond acceptors (Lipinski definition) is 6. The average molecular weight is 431 g/mol. The van der Waals surface area contributed by atoms with Gasteiger partial charge in [0.25, 0.3) is 5.91 Å². The topological polar surface area (TPSA) is 62.7 Å². The van der Waals surface area contributed by atoms with Crippen molar-refractivity contribution in [2.24, 2.45) is 4.99 Å². The van der Waals surface area contributed by atoms with E-state index < -0.39 is 12.2 Å². The molecule has 1 aromatic rings. The fourth-order valence-corrected chi connectivity index (χ4v) is 4.42. The number of allylic oxidation sites excluding steroid dienone is 2. The molecular formula is C21H27ClN6O2. The normalized spacial score (nSPS) is 23.6. The van der Waals surface area contributed by atoms with Crippen molar-refractivity contribution < 1.29 is 9.59 Å². The largest absolute Gasteiger partial charge is 0.328 e. The first-order chi connectivity index (χ1) is 14.2. The minimum atomic E-state index is -0.554. The smallest absolute Gasteiger partial charge is 0.313 e. The first kappa shape index (κ1) is 20.7. The molecule has 30 heavy (non-hydrogen) atoms. The summed E-state index contributed by atoms with van der Waals surface area (Å²) in [5.41, 5.74) is 2.90. The van der Waals surface area contributed by atoms with Gasteiger partial charge in [0.15, 0.2) is 12.2 Å². The van der Waals surface area contributed by atoms with E-state index in [1.165, 1.54) is 4.90 Å². The Morgan fingerprint density at radius 1 is 1.13 bits per heavy atom. The average Bonchev–Trinajstić information content (AvgIpc) is 3.18. The van der Waals surface area contributed by atoms with Crippen LogP contribution in [0.4, 0.5) is 4.79 Å². The number of hydrogen-bond donors (Lipinski definition) is 0. The van der Waals surface area contributed by atoms with Crippen molar-refractivity contribution in [3.8, 4) is 0 Å². The lowest BCUT2D eigenvalue weighted by Gasteiger charge is -2.40. The van der Waals surface area contributed by atoms with Crippen LogP contribution in [0.15, 0.2) is 40.7 Å². The molecule has 0 N–H and O–H groups in total. The Hall–Kier alpha value is -2.58. The molecule has 1 fully saturated rings. The van der Waals surface area contributed by atoms with Crippen LogP contribution in [0.5, 0.6) is 0 Å². The van der Waals surface area contributed by atoms with E-state index >= 15 is 0 Å². The van der Waals surface area contributed by atoms with Gasteiger partial charge in [-0.15, -0.1) is 0 Å². The first-order valence-electron chi connectivity index (χ1n) is 10.00. The van der Waals surface area contributed by atoms with Gasteiger partial charge in [0, 0.05) is 36.6 Å². The summed E-state index contributed by atoms with van der Waals surface area (Å²) in [7, 11) is 5.76. The molecule has 3 aliphatic heterocycles. The maximum Gasteiger partial charge on any atom is 0.328 e. The third-order valence-electron chi connectivity index (χ3n) is 6.00. The summed E-state index contributed by atoms with van der Waals surface area (Å²) >= 11 is 6.09. The third kappa shape index (κ3) is 3.24. The summed E-state index contributed by atoms with van der Waals surface area (Å²) in [5, 5.41) is 0.576. The maximum absolute atomic E-state index is 13.5. The first-order valence-corrected chi connectivity index (χ1v) is 10.4. The molecule has 0 saturated carbocycles. The number of guanidine groups is 1. The fraction of sp³-hybridized carbons (Fsp3) is 0.476. The zero-order chi connectivity index (χ0) is 21.7. The molecular weight excluding hydrogens is 404 g/mol. The van der Waals surface area contributed by atoms with Gasteiger partial charge in [0.1, 0.15) is 0 Å². The van der Waals surface area contributed by atoms with Crippen LogP contribution >= 0.6 is 11.6 Å². The van der Waals surface area contributed by atoms with Crippen LogP contribution in [-0.4, -0.2) is 88.8 Å². The molecule has 0 aromatic heterocycles. The Morgan fingerprint density at radius 2 is 1.87 bits per heavy atom. The second kappa shape index (κ2) is 7.59. The van der Waals surface area contributed by atoms with Crippen molar-refractivity contribution in [1.29, 1.82) is 0 Å². The van der Waals surface area contributed by atoms with E-state index in [1.807, 2.05) is 45.0 Å². The van der Waals surface area contributed by atoms with Crippen LogP contribution in [-0.2, 0) is 11.3 Å². The summed E-state index contributed by atoms with van der Waals surface area (Å²) in [6, 6.07) is 6.33. The number of halogens is 1. The summed E-state index contributed by atoms with van der Waals surface area (Å²) in [6.45, 7) is 5.86. The Labute approximate surface area is 182 Å². The minimum absolute atomic E-state index is 0.182. The number of imide groups is 1. The number of amides is 3. The summed E-state index contributed by atoms with van der Waals surface area (Å²) in [5.74, 6) is 0.517. The highest BCUT2D eigenvalue weighted by atomic mass is 35.5. The SMILES string of the molecule is CC1=C(C)N2C(=NC3C2C(=O)N(Cc2cccc(Cl)c2)C(=O)N3C)N1CCN(C)C. The molecule has 1 aromatic carbocycles. The highest BCUT2D eigenvalue weighted by Gasteiger charge is 2.55. The molecule has 0 aliphatic carbocycles. The summed E-state index contributed by atoms with van der Waals surface area (Å²) in [6.07, 6.45) is -0.527. The lowest BCUT2D eigenvalue weighted by atomic mass is 10.1. The quantitative estimate of drug-likeness (QED) is 0.716. The summed E-state index contributed by atoms with van der Waals surface area (Å²) < 4.78 is 0. The maximum atomic E-state index is 13.5. The van der Waals surface area contributed by atoms with Crippen LogP contribution in [0.3, 0.4) is 0 Å². The van der Waals surface area contributed by atoms with Crippen molar-refractivity contribution in [3.63, 3.8) is 0 Å². The Bertz CT molecular complexity index is 959. The van der Waals surface area contributed by atoms with Gasteiger partial charge in [-0.2, -0.15) is 0 Å². The second-order valence-corrected chi connectivity index (χ2v) is 8.67. The van der Waals surface area contributed by atoms with Gasteiger partial charge in [-0.05, 0) is 45.6 Å². The van der Waals surface area contributed by atoms with Crippen LogP contribution in [0.25, 0.3) is 0 Å². The van der Waals surface area contributed by atoms with E-state index in [0.29, 0.717) is 5.02 Å². The van der Waals surface area contributed by atoms with E-state index in [1.54, 1.807) is 24.1 Å². The van der Waals surface area contributed by atoms with Crippen molar-refractivity contribution in [2.45, 2.75) is 32.6 Å². The highest BCUT2D eigenvalue weighted by Crippen LogP contribution is 2.37. The molecule has 2 atom stereocenters. The van der Waals surface area contributed by atoms with Crippen molar-refractivity contribution in [1.82, 2.24) is 24.5 Å². The molecule has 3 aliphatic rings. The predicted octanol–water partition coefficient (Wildman–Crippen LogP) is 2.23. The lowest BCUT2D eigenvalue weighted by Crippen LogP contribution is -2.64. The van der Waals surface area contributed by atoms with Gasteiger partial charge in [-0.1, -0.05) is 23.7 Å². The molecule has 3 amide bonds. The lowest BCUT2D eigenvalue weighted by molar-refractivity contribution is -0.137. The Balaban J connectivity index is 1.64. The molecule has 1 saturated heterocycles. The molecule has 0 spiro atoms. The molecule has 9 heteroatoms. The Morgan fingerprint density at radius 3 is 2.53 bits per heavy atom. The fourth-order valence-electron chi connectivity index (χ4n) is 4.21. The number of aliphatic imine (C=N–C) groups is 1. The molecule has 160 valence electrons. The van der Waals surface area contributed by atoms with Crippen molar-refractivity contribution in [3.05, 3.63) is 46.2 Å². The molecule has 3 heterocycles. The third-order valence-corrected chi connectivity index (χ3v) is 6.24. The van der Waals surface area contributed by atoms with Gasteiger partial charge < -0.3 is 14.7 Å². The van der Waals surface area contributed by atoms with Crippen LogP contribution < -0.4 is 0 Å². The molecule has 2 unspecified atom stereocenters. The second-order valence-electron chi connectivity index (χ2n) is 8.23. The number of likely N-dealkylation sites (N-methyl/N-ethyl adjacent to an activating group) is 2.